The molecule has 0 radical (unpaired) electrons. The fourth-order valence-corrected chi connectivity index (χ4v) is 2.02. The van der Waals surface area contributed by atoms with Crippen LogP contribution in [0.2, 0.25) is 0 Å². The maximum absolute atomic E-state index is 5.19. The van der Waals surface area contributed by atoms with Gasteiger partial charge in [-0.1, -0.05) is 23.4 Å². The second-order valence-corrected chi connectivity index (χ2v) is 4.35. The molecule has 5 nitrogen and oxygen atoms in total. The van der Waals surface area contributed by atoms with Crippen LogP contribution in [0.25, 0.3) is 11.0 Å². The first-order valence-corrected chi connectivity index (χ1v) is 6.28. The lowest BCUT2D eigenvalue weighted by molar-refractivity contribution is 0.415. The van der Waals surface area contributed by atoms with E-state index in [0.29, 0.717) is 0 Å². The van der Waals surface area contributed by atoms with Gasteiger partial charge in [-0.15, -0.1) is 5.10 Å². The number of methoxy groups -OCH3 is 1. The molecule has 3 rings (SSSR count). The zero-order valence-corrected chi connectivity index (χ0v) is 11.3. The zero-order chi connectivity index (χ0) is 13.9. The van der Waals surface area contributed by atoms with Gasteiger partial charge in [0.15, 0.2) is 0 Å². The van der Waals surface area contributed by atoms with Crippen LogP contribution in [0, 0.1) is 0 Å². The standard InChI is InChI=1S/C15H14N4O/c1-11(16-12-6-5-7-13(10-12)20-2)19-15-9-4-3-8-14(15)17-18-19/h3-10H,1-2H3. The van der Waals surface area contributed by atoms with Crippen molar-refractivity contribution >= 4 is 22.6 Å². The maximum Gasteiger partial charge on any atom is 0.129 e. The predicted octanol–water partition coefficient (Wildman–Crippen LogP) is 3.04. The highest BCUT2D eigenvalue weighted by molar-refractivity contribution is 5.92. The molecule has 0 saturated carbocycles. The number of ether oxygens (including phenoxy) is 1. The quantitative estimate of drug-likeness (QED) is 0.529. The Morgan fingerprint density at radius 3 is 2.85 bits per heavy atom. The minimum Gasteiger partial charge on any atom is -0.497 e. The number of hydrogen-bond acceptors (Lipinski definition) is 4. The number of aromatic nitrogens is 3. The van der Waals surface area contributed by atoms with E-state index in [1.54, 1.807) is 11.8 Å². The van der Waals surface area contributed by atoms with E-state index in [9.17, 15) is 0 Å². The van der Waals surface area contributed by atoms with E-state index in [2.05, 4.69) is 15.3 Å². The summed E-state index contributed by atoms with van der Waals surface area (Å²) in [4.78, 5) is 4.56. The van der Waals surface area contributed by atoms with Gasteiger partial charge < -0.3 is 4.74 Å². The van der Waals surface area contributed by atoms with Crippen LogP contribution in [-0.2, 0) is 0 Å². The fourth-order valence-electron chi connectivity index (χ4n) is 2.02. The lowest BCUT2D eigenvalue weighted by Crippen LogP contribution is -2.08. The summed E-state index contributed by atoms with van der Waals surface area (Å²) in [6.07, 6.45) is 0. The molecular formula is C15H14N4O. The molecule has 1 aromatic heterocycles. The zero-order valence-electron chi connectivity index (χ0n) is 11.3. The lowest BCUT2D eigenvalue weighted by Gasteiger charge is -2.03. The van der Waals surface area contributed by atoms with Gasteiger partial charge in [-0.25, -0.2) is 4.99 Å². The molecule has 0 spiro atoms. The Morgan fingerprint density at radius 2 is 2.00 bits per heavy atom. The number of benzene rings is 2. The molecule has 0 bridgehead atoms. The molecule has 0 fully saturated rings. The number of para-hydroxylation sites is 1. The van der Waals surface area contributed by atoms with Gasteiger partial charge in [-0.3, -0.25) is 0 Å². The van der Waals surface area contributed by atoms with Gasteiger partial charge in [0.1, 0.15) is 17.1 Å². The summed E-state index contributed by atoms with van der Waals surface area (Å²) in [7, 11) is 1.64. The van der Waals surface area contributed by atoms with Gasteiger partial charge in [0.25, 0.3) is 0 Å². The summed E-state index contributed by atoms with van der Waals surface area (Å²) in [6.45, 7) is 1.90. The van der Waals surface area contributed by atoms with Crippen molar-refractivity contribution < 1.29 is 4.74 Å². The molecule has 0 N–H and O–H groups in total. The van der Waals surface area contributed by atoms with E-state index in [0.717, 1.165) is 28.3 Å². The molecule has 5 heteroatoms. The molecule has 0 aliphatic rings. The van der Waals surface area contributed by atoms with E-state index >= 15 is 0 Å². The Balaban J connectivity index is 2.02. The second-order valence-electron chi connectivity index (χ2n) is 4.35. The summed E-state index contributed by atoms with van der Waals surface area (Å²) >= 11 is 0. The van der Waals surface area contributed by atoms with Crippen LogP contribution >= 0.6 is 0 Å². The van der Waals surface area contributed by atoms with Crippen LogP contribution in [-0.4, -0.2) is 27.9 Å². The van der Waals surface area contributed by atoms with Crippen molar-refractivity contribution in [1.29, 1.82) is 0 Å². The molecular weight excluding hydrogens is 252 g/mol. The van der Waals surface area contributed by atoms with E-state index in [4.69, 9.17) is 4.74 Å². The average molecular weight is 266 g/mol. The van der Waals surface area contributed by atoms with Crippen LogP contribution in [0.4, 0.5) is 5.69 Å². The molecule has 0 aliphatic carbocycles. The van der Waals surface area contributed by atoms with Crippen LogP contribution in [0.3, 0.4) is 0 Å². The van der Waals surface area contributed by atoms with Gasteiger partial charge in [0.05, 0.1) is 18.3 Å². The molecule has 0 saturated heterocycles. The van der Waals surface area contributed by atoms with Crippen molar-refractivity contribution in [3.8, 4) is 5.75 Å². The van der Waals surface area contributed by atoms with Crippen LogP contribution in [0.1, 0.15) is 6.92 Å². The predicted molar refractivity (Wildman–Crippen MR) is 78.7 cm³/mol. The number of rotatable bonds is 2. The Bertz CT molecular complexity index is 776. The third-order valence-electron chi connectivity index (χ3n) is 3.00. The Hall–Kier alpha value is -2.69. The van der Waals surface area contributed by atoms with Gasteiger partial charge in [-0.05, 0) is 31.2 Å². The third-order valence-corrected chi connectivity index (χ3v) is 3.00. The van der Waals surface area contributed by atoms with Crippen LogP contribution < -0.4 is 4.74 Å². The monoisotopic (exact) mass is 266 g/mol. The Labute approximate surface area is 116 Å². The first kappa shape index (κ1) is 12.3. The average Bonchev–Trinajstić information content (AvgIpc) is 2.91. The van der Waals surface area contributed by atoms with E-state index in [-0.39, 0.29) is 0 Å². The molecule has 100 valence electrons. The number of hydrogen-bond donors (Lipinski definition) is 0. The Morgan fingerprint density at radius 1 is 1.15 bits per heavy atom. The van der Waals surface area contributed by atoms with Crippen molar-refractivity contribution in [2.45, 2.75) is 6.92 Å². The van der Waals surface area contributed by atoms with E-state index in [1.165, 1.54) is 0 Å². The Kier molecular flexibility index (Phi) is 3.16. The molecule has 3 aromatic rings. The molecule has 0 atom stereocenters. The first-order chi connectivity index (χ1) is 9.78. The highest BCUT2D eigenvalue weighted by Gasteiger charge is 2.05. The molecule has 20 heavy (non-hydrogen) atoms. The number of fused-ring (bicyclic) bond motifs is 1. The highest BCUT2D eigenvalue weighted by atomic mass is 16.5. The van der Waals surface area contributed by atoms with Gasteiger partial charge in [0, 0.05) is 6.07 Å². The molecule has 1 heterocycles. The van der Waals surface area contributed by atoms with E-state index < -0.39 is 0 Å². The summed E-state index contributed by atoms with van der Waals surface area (Å²) in [5, 5.41) is 8.26. The van der Waals surface area contributed by atoms with Gasteiger partial charge >= 0.3 is 0 Å². The SMILES string of the molecule is COc1cccc(N=C(C)n2nnc3ccccc32)c1. The minimum atomic E-state index is 0.756. The van der Waals surface area contributed by atoms with Crippen molar-refractivity contribution in [3.05, 3.63) is 48.5 Å². The summed E-state index contributed by atoms with van der Waals surface area (Å²) in [6, 6.07) is 15.4. The van der Waals surface area contributed by atoms with Crippen molar-refractivity contribution in [1.82, 2.24) is 15.0 Å². The van der Waals surface area contributed by atoms with Crippen molar-refractivity contribution in [3.63, 3.8) is 0 Å². The summed E-state index contributed by atoms with van der Waals surface area (Å²) < 4.78 is 6.92. The smallest absolute Gasteiger partial charge is 0.129 e. The molecule has 0 unspecified atom stereocenters. The fraction of sp³-hybridized carbons (Fsp3) is 0.133. The molecule has 0 amide bonds. The minimum absolute atomic E-state index is 0.756. The summed E-state index contributed by atoms with van der Waals surface area (Å²) in [5.74, 6) is 1.54. The highest BCUT2D eigenvalue weighted by Crippen LogP contribution is 2.20. The maximum atomic E-state index is 5.19. The van der Waals surface area contributed by atoms with Crippen molar-refractivity contribution in [2.75, 3.05) is 7.11 Å². The van der Waals surface area contributed by atoms with Gasteiger partial charge in [-0.2, -0.15) is 4.68 Å². The normalized spacial score (nSPS) is 11.8. The van der Waals surface area contributed by atoms with E-state index in [1.807, 2.05) is 55.5 Å². The largest absolute Gasteiger partial charge is 0.497 e. The second kappa shape index (κ2) is 5.13. The third kappa shape index (κ3) is 2.25. The molecule has 0 aliphatic heterocycles. The van der Waals surface area contributed by atoms with Gasteiger partial charge in [0.2, 0.25) is 0 Å². The molecule has 2 aromatic carbocycles. The van der Waals surface area contributed by atoms with Crippen molar-refractivity contribution in [2.24, 2.45) is 4.99 Å². The lowest BCUT2D eigenvalue weighted by atomic mass is 10.3. The van der Waals surface area contributed by atoms with Crippen LogP contribution in [0.15, 0.2) is 53.5 Å². The summed E-state index contributed by atoms with van der Waals surface area (Å²) in [5.41, 5.74) is 2.62. The van der Waals surface area contributed by atoms with Crippen LogP contribution in [0.5, 0.6) is 5.75 Å². The number of nitrogens with zero attached hydrogens (tertiary/aromatic N) is 4. The first-order valence-electron chi connectivity index (χ1n) is 6.28. The number of aliphatic imine (C=N–C) groups is 1. The topological polar surface area (TPSA) is 52.3 Å².